The first-order valence-electron chi connectivity index (χ1n) is 9.26. The Hall–Kier alpha value is -3.08. The van der Waals surface area contributed by atoms with E-state index >= 15 is 0 Å². The van der Waals surface area contributed by atoms with E-state index in [9.17, 15) is 9.59 Å². The molecule has 0 bridgehead atoms. The molecule has 5 nitrogen and oxygen atoms in total. The molecular weight excluding hydrogens is 354 g/mol. The summed E-state index contributed by atoms with van der Waals surface area (Å²) in [5, 5.41) is 0.884. The van der Waals surface area contributed by atoms with E-state index in [0.717, 1.165) is 22.0 Å². The number of carbonyl (C=O) groups excluding carboxylic acids is 2. The topological polar surface area (TPSA) is 57.5 Å². The number of hydrogen-bond donors (Lipinski definition) is 0. The van der Waals surface area contributed by atoms with Crippen LogP contribution in [-0.2, 0) is 27.4 Å². The van der Waals surface area contributed by atoms with Gasteiger partial charge in [0, 0.05) is 10.9 Å². The molecule has 0 atom stereocenters. The fraction of sp³-hybridized carbons (Fsp3) is 0.304. The van der Waals surface area contributed by atoms with Crippen LogP contribution in [0.3, 0.4) is 0 Å². The third-order valence-electron chi connectivity index (χ3n) is 4.19. The quantitative estimate of drug-likeness (QED) is 0.606. The van der Waals surface area contributed by atoms with E-state index in [1.807, 2.05) is 76.2 Å². The Bertz CT molecular complexity index is 997. The molecule has 2 aromatic carbocycles. The summed E-state index contributed by atoms with van der Waals surface area (Å²) in [5.41, 5.74) is 2.52. The van der Waals surface area contributed by atoms with Crippen molar-refractivity contribution in [3.05, 3.63) is 71.4 Å². The van der Waals surface area contributed by atoms with Crippen LogP contribution in [0.1, 0.15) is 42.4 Å². The monoisotopic (exact) mass is 379 g/mol. The van der Waals surface area contributed by atoms with E-state index in [1.165, 1.54) is 0 Å². The highest BCUT2D eigenvalue weighted by molar-refractivity contribution is 5.96. The number of benzene rings is 2. The number of esters is 2. The molecule has 0 saturated heterocycles. The zero-order valence-electron chi connectivity index (χ0n) is 16.7. The molecule has 0 radical (unpaired) electrons. The Balaban J connectivity index is 1.89. The van der Waals surface area contributed by atoms with Gasteiger partial charge in [-0.05, 0) is 51.5 Å². The summed E-state index contributed by atoms with van der Waals surface area (Å²) < 4.78 is 12.6. The Labute approximate surface area is 164 Å². The minimum absolute atomic E-state index is 0.0560. The highest BCUT2D eigenvalue weighted by Gasteiger charge is 2.22. The minimum Gasteiger partial charge on any atom is -0.459 e. The van der Waals surface area contributed by atoms with Crippen molar-refractivity contribution in [2.24, 2.45) is 0 Å². The summed E-state index contributed by atoms with van der Waals surface area (Å²) in [6.45, 7) is 7.55. The standard InChI is InChI=1S/C23H25NO4/c1-16-10-11-19-18(12-16)13-20(24(19)14-21(25)28-23(2,3)4)22(26)27-15-17-8-6-5-7-9-17/h5-13H,14-15H2,1-4H3. The van der Waals surface area contributed by atoms with Crippen molar-refractivity contribution in [1.29, 1.82) is 0 Å². The molecule has 5 heteroatoms. The SMILES string of the molecule is Cc1ccc2c(c1)cc(C(=O)OCc1ccccc1)n2CC(=O)OC(C)(C)C. The van der Waals surface area contributed by atoms with Gasteiger partial charge in [-0.25, -0.2) is 4.79 Å². The lowest BCUT2D eigenvalue weighted by Gasteiger charge is -2.20. The second-order valence-electron chi connectivity index (χ2n) is 7.83. The number of hydrogen-bond acceptors (Lipinski definition) is 4. The maximum atomic E-state index is 12.8. The van der Waals surface area contributed by atoms with Crippen molar-refractivity contribution in [2.75, 3.05) is 0 Å². The normalized spacial score (nSPS) is 11.4. The lowest BCUT2D eigenvalue weighted by molar-refractivity contribution is -0.155. The first-order chi connectivity index (χ1) is 13.2. The summed E-state index contributed by atoms with van der Waals surface area (Å²) in [7, 11) is 0. The zero-order chi connectivity index (χ0) is 20.3. The van der Waals surface area contributed by atoms with Crippen LogP contribution in [-0.4, -0.2) is 22.1 Å². The molecule has 0 spiro atoms. The Morgan fingerprint density at radius 2 is 1.71 bits per heavy atom. The summed E-state index contributed by atoms with van der Waals surface area (Å²) in [6.07, 6.45) is 0. The van der Waals surface area contributed by atoms with Gasteiger partial charge in [-0.1, -0.05) is 42.0 Å². The van der Waals surface area contributed by atoms with Crippen LogP contribution in [0.4, 0.5) is 0 Å². The summed E-state index contributed by atoms with van der Waals surface area (Å²) in [4.78, 5) is 25.2. The van der Waals surface area contributed by atoms with Gasteiger partial charge in [0.25, 0.3) is 0 Å². The number of nitrogens with zero attached hydrogens (tertiary/aromatic N) is 1. The number of aromatic nitrogens is 1. The van der Waals surface area contributed by atoms with Crippen LogP contribution in [0.25, 0.3) is 10.9 Å². The zero-order valence-corrected chi connectivity index (χ0v) is 16.7. The number of fused-ring (bicyclic) bond motifs is 1. The molecule has 1 heterocycles. The van der Waals surface area contributed by atoms with Crippen molar-refractivity contribution in [1.82, 2.24) is 4.57 Å². The molecule has 146 valence electrons. The molecule has 0 unspecified atom stereocenters. The second-order valence-corrected chi connectivity index (χ2v) is 7.83. The van der Waals surface area contributed by atoms with Crippen LogP contribution < -0.4 is 0 Å². The van der Waals surface area contributed by atoms with Crippen molar-refractivity contribution in [2.45, 2.75) is 46.4 Å². The summed E-state index contributed by atoms with van der Waals surface area (Å²) >= 11 is 0. The Morgan fingerprint density at radius 3 is 2.39 bits per heavy atom. The predicted molar refractivity (Wildman–Crippen MR) is 108 cm³/mol. The van der Waals surface area contributed by atoms with Crippen LogP contribution in [0.5, 0.6) is 0 Å². The molecule has 0 N–H and O–H groups in total. The van der Waals surface area contributed by atoms with Gasteiger partial charge in [-0.2, -0.15) is 0 Å². The van der Waals surface area contributed by atoms with Crippen LogP contribution >= 0.6 is 0 Å². The largest absolute Gasteiger partial charge is 0.459 e. The lowest BCUT2D eigenvalue weighted by atomic mass is 10.2. The van der Waals surface area contributed by atoms with Crippen LogP contribution in [0, 0.1) is 6.92 Å². The average molecular weight is 379 g/mol. The molecular formula is C23H25NO4. The molecule has 1 aromatic heterocycles. The van der Waals surface area contributed by atoms with Gasteiger partial charge in [0.2, 0.25) is 0 Å². The van der Waals surface area contributed by atoms with Crippen LogP contribution in [0.15, 0.2) is 54.6 Å². The fourth-order valence-electron chi connectivity index (χ4n) is 3.03. The molecule has 0 aliphatic heterocycles. The van der Waals surface area contributed by atoms with Crippen molar-refractivity contribution >= 4 is 22.8 Å². The average Bonchev–Trinajstić information content (AvgIpc) is 2.96. The number of rotatable bonds is 5. The van der Waals surface area contributed by atoms with Gasteiger partial charge < -0.3 is 14.0 Å². The predicted octanol–water partition coefficient (Wildman–Crippen LogP) is 4.65. The molecule has 0 aliphatic carbocycles. The van der Waals surface area contributed by atoms with E-state index in [2.05, 4.69) is 0 Å². The fourth-order valence-corrected chi connectivity index (χ4v) is 3.03. The van der Waals surface area contributed by atoms with Crippen LogP contribution in [0.2, 0.25) is 0 Å². The van der Waals surface area contributed by atoms with Crippen molar-refractivity contribution in [3.63, 3.8) is 0 Å². The third kappa shape index (κ3) is 4.80. The number of ether oxygens (including phenoxy) is 2. The van der Waals surface area contributed by atoms with Gasteiger partial charge >= 0.3 is 11.9 Å². The van der Waals surface area contributed by atoms with Gasteiger partial charge in [-0.15, -0.1) is 0 Å². The van der Waals surface area contributed by atoms with Gasteiger partial charge in [-0.3, -0.25) is 4.79 Å². The van der Waals surface area contributed by atoms with E-state index in [4.69, 9.17) is 9.47 Å². The molecule has 0 saturated carbocycles. The van der Waals surface area contributed by atoms with Gasteiger partial charge in [0.05, 0.1) is 0 Å². The Morgan fingerprint density at radius 1 is 1.00 bits per heavy atom. The molecule has 0 fully saturated rings. The highest BCUT2D eigenvalue weighted by Crippen LogP contribution is 2.23. The first-order valence-corrected chi connectivity index (χ1v) is 9.26. The smallest absolute Gasteiger partial charge is 0.355 e. The lowest BCUT2D eigenvalue weighted by Crippen LogP contribution is -2.27. The van der Waals surface area contributed by atoms with E-state index in [1.54, 1.807) is 10.6 Å². The third-order valence-corrected chi connectivity index (χ3v) is 4.19. The molecule has 3 aromatic rings. The van der Waals surface area contributed by atoms with Crippen molar-refractivity contribution in [3.8, 4) is 0 Å². The maximum absolute atomic E-state index is 12.8. The second kappa shape index (κ2) is 7.89. The van der Waals surface area contributed by atoms with Gasteiger partial charge in [0.15, 0.2) is 0 Å². The molecule has 0 amide bonds. The Kier molecular flexibility index (Phi) is 5.54. The molecule has 0 aliphatic rings. The van der Waals surface area contributed by atoms with Crippen molar-refractivity contribution < 1.29 is 19.1 Å². The van der Waals surface area contributed by atoms with E-state index in [0.29, 0.717) is 5.69 Å². The number of aryl methyl sites for hydroxylation is 1. The number of carbonyl (C=O) groups is 2. The first kappa shape index (κ1) is 19.7. The summed E-state index contributed by atoms with van der Waals surface area (Å²) in [6, 6.07) is 17.1. The van der Waals surface area contributed by atoms with E-state index < -0.39 is 17.5 Å². The molecule has 3 rings (SSSR count). The minimum atomic E-state index is -0.593. The van der Waals surface area contributed by atoms with Gasteiger partial charge in [0.1, 0.15) is 24.4 Å². The highest BCUT2D eigenvalue weighted by atomic mass is 16.6. The maximum Gasteiger partial charge on any atom is 0.355 e. The van der Waals surface area contributed by atoms with E-state index in [-0.39, 0.29) is 13.2 Å². The molecule has 28 heavy (non-hydrogen) atoms. The summed E-state index contributed by atoms with van der Waals surface area (Å²) in [5.74, 6) is -0.871.